The second kappa shape index (κ2) is 5.94. The molecule has 2 aliphatic heterocycles. The fraction of sp³-hybridized carbons (Fsp3) is 0.333. The maximum absolute atomic E-state index is 13.5. The van der Waals surface area contributed by atoms with Gasteiger partial charge in [0.25, 0.3) is 5.91 Å². The number of benzene rings is 2. The SMILES string of the molecule is CC1(C)CN2C(=O)CN(C(=O)c3cccc(F)c3)CC2c2ccccc21. The average molecular weight is 352 g/mol. The number of nitrogens with zero attached hydrogens (tertiary/aromatic N) is 2. The third-order valence-corrected chi connectivity index (χ3v) is 5.39. The van der Waals surface area contributed by atoms with Crippen molar-refractivity contribution in [2.24, 2.45) is 0 Å². The van der Waals surface area contributed by atoms with Crippen molar-refractivity contribution >= 4 is 11.8 Å². The molecular weight excluding hydrogens is 331 g/mol. The van der Waals surface area contributed by atoms with Crippen molar-refractivity contribution in [2.45, 2.75) is 25.3 Å². The number of carbonyl (C=O) groups is 2. The Hall–Kier alpha value is -2.69. The zero-order valence-electron chi connectivity index (χ0n) is 14.9. The molecule has 2 aliphatic rings. The van der Waals surface area contributed by atoms with Crippen LogP contribution in [0, 0.1) is 5.82 Å². The number of hydrogen-bond donors (Lipinski definition) is 0. The summed E-state index contributed by atoms with van der Waals surface area (Å²) in [6.45, 7) is 5.37. The summed E-state index contributed by atoms with van der Waals surface area (Å²) in [4.78, 5) is 29.0. The van der Waals surface area contributed by atoms with E-state index < -0.39 is 5.82 Å². The summed E-state index contributed by atoms with van der Waals surface area (Å²) in [5.41, 5.74) is 2.45. The molecule has 2 aromatic rings. The first-order valence-electron chi connectivity index (χ1n) is 8.80. The van der Waals surface area contributed by atoms with Crippen molar-refractivity contribution in [3.05, 3.63) is 71.0 Å². The fourth-order valence-corrected chi connectivity index (χ4v) is 4.14. The van der Waals surface area contributed by atoms with Gasteiger partial charge in [-0.2, -0.15) is 0 Å². The van der Waals surface area contributed by atoms with E-state index in [4.69, 9.17) is 0 Å². The molecule has 0 aliphatic carbocycles. The second-order valence-electron chi connectivity index (χ2n) is 7.70. The van der Waals surface area contributed by atoms with Crippen LogP contribution in [0.2, 0.25) is 0 Å². The molecule has 0 bridgehead atoms. The number of amides is 2. The van der Waals surface area contributed by atoms with Crippen LogP contribution in [0.5, 0.6) is 0 Å². The lowest BCUT2D eigenvalue weighted by Gasteiger charge is -2.49. The maximum Gasteiger partial charge on any atom is 0.254 e. The topological polar surface area (TPSA) is 40.6 Å². The Balaban J connectivity index is 1.69. The highest BCUT2D eigenvalue weighted by Gasteiger charge is 2.44. The molecule has 0 radical (unpaired) electrons. The normalized spacial score (nSPS) is 21.2. The highest BCUT2D eigenvalue weighted by molar-refractivity contribution is 5.97. The molecule has 2 aromatic carbocycles. The lowest BCUT2D eigenvalue weighted by molar-refractivity contribution is -0.140. The third kappa shape index (κ3) is 2.68. The quantitative estimate of drug-likeness (QED) is 0.791. The first kappa shape index (κ1) is 16.8. The van der Waals surface area contributed by atoms with Gasteiger partial charge in [-0.25, -0.2) is 4.39 Å². The standard InChI is InChI=1S/C21H21FN2O2/c1-21(2)13-24-18(16-8-3-4-9-17(16)21)11-23(12-19(24)25)20(26)14-6-5-7-15(22)10-14/h3-10,18H,11-13H2,1-2H3. The number of hydrogen-bond acceptors (Lipinski definition) is 2. The van der Waals surface area contributed by atoms with Crippen LogP contribution in [-0.2, 0) is 10.2 Å². The Kier molecular flexibility index (Phi) is 3.83. The zero-order valence-corrected chi connectivity index (χ0v) is 14.9. The first-order valence-corrected chi connectivity index (χ1v) is 8.80. The van der Waals surface area contributed by atoms with E-state index in [9.17, 15) is 14.0 Å². The van der Waals surface area contributed by atoms with Gasteiger partial charge in [-0.15, -0.1) is 0 Å². The molecule has 0 spiro atoms. The average Bonchev–Trinajstić information content (AvgIpc) is 2.62. The van der Waals surface area contributed by atoms with Crippen LogP contribution in [0.25, 0.3) is 0 Å². The highest BCUT2D eigenvalue weighted by Crippen LogP contribution is 2.41. The van der Waals surface area contributed by atoms with Gasteiger partial charge in [-0.3, -0.25) is 9.59 Å². The van der Waals surface area contributed by atoms with Gasteiger partial charge < -0.3 is 9.80 Å². The van der Waals surface area contributed by atoms with Gasteiger partial charge in [0, 0.05) is 24.1 Å². The largest absolute Gasteiger partial charge is 0.331 e. The van der Waals surface area contributed by atoms with Crippen molar-refractivity contribution < 1.29 is 14.0 Å². The van der Waals surface area contributed by atoms with E-state index in [2.05, 4.69) is 19.9 Å². The molecule has 1 unspecified atom stereocenters. The molecule has 2 heterocycles. The van der Waals surface area contributed by atoms with Gasteiger partial charge in [-0.05, 0) is 29.3 Å². The Bertz CT molecular complexity index is 893. The molecule has 1 atom stereocenters. The summed E-state index contributed by atoms with van der Waals surface area (Å²) >= 11 is 0. The highest BCUT2D eigenvalue weighted by atomic mass is 19.1. The molecular formula is C21H21FN2O2. The molecule has 4 nitrogen and oxygen atoms in total. The van der Waals surface area contributed by atoms with Crippen molar-refractivity contribution in [2.75, 3.05) is 19.6 Å². The van der Waals surface area contributed by atoms with Gasteiger partial charge in [0.05, 0.1) is 6.04 Å². The number of halogens is 1. The van der Waals surface area contributed by atoms with Crippen molar-refractivity contribution in [1.82, 2.24) is 9.80 Å². The summed E-state index contributed by atoms with van der Waals surface area (Å²) < 4.78 is 13.5. The Morgan fingerprint density at radius 1 is 1.15 bits per heavy atom. The summed E-state index contributed by atoms with van der Waals surface area (Å²) in [5, 5.41) is 0. The van der Waals surface area contributed by atoms with Crippen molar-refractivity contribution in [3.8, 4) is 0 Å². The second-order valence-corrected chi connectivity index (χ2v) is 7.70. The third-order valence-electron chi connectivity index (χ3n) is 5.39. The van der Waals surface area contributed by atoms with Crippen LogP contribution in [-0.4, -0.2) is 41.2 Å². The molecule has 0 N–H and O–H groups in total. The van der Waals surface area contributed by atoms with E-state index in [1.807, 2.05) is 23.1 Å². The molecule has 0 aromatic heterocycles. The van der Waals surface area contributed by atoms with Crippen molar-refractivity contribution in [3.63, 3.8) is 0 Å². The van der Waals surface area contributed by atoms with E-state index in [-0.39, 0.29) is 35.4 Å². The number of carbonyl (C=O) groups excluding carboxylic acids is 2. The van der Waals surface area contributed by atoms with E-state index in [1.165, 1.54) is 28.7 Å². The van der Waals surface area contributed by atoms with E-state index in [0.717, 1.165) is 5.56 Å². The smallest absolute Gasteiger partial charge is 0.254 e. The van der Waals surface area contributed by atoms with Crippen molar-refractivity contribution in [1.29, 1.82) is 0 Å². The van der Waals surface area contributed by atoms with E-state index >= 15 is 0 Å². The maximum atomic E-state index is 13.5. The van der Waals surface area contributed by atoms with Gasteiger partial charge in [-0.1, -0.05) is 44.2 Å². The molecule has 26 heavy (non-hydrogen) atoms. The van der Waals surface area contributed by atoms with Crippen LogP contribution in [0.1, 0.15) is 41.4 Å². The van der Waals surface area contributed by atoms with Gasteiger partial charge in [0.2, 0.25) is 5.91 Å². The minimum atomic E-state index is -0.453. The van der Waals surface area contributed by atoms with Crippen LogP contribution >= 0.6 is 0 Å². The number of rotatable bonds is 1. The molecule has 134 valence electrons. The van der Waals surface area contributed by atoms with Crippen LogP contribution in [0.3, 0.4) is 0 Å². The fourth-order valence-electron chi connectivity index (χ4n) is 4.14. The number of piperazine rings is 1. The van der Waals surface area contributed by atoms with Crippen LogP contribution in [0.15, 0.2) is 48.5 Å². The minimum Gasteiger partial charge on any atom is -0.331 e. The Morgan fingerprint density at radius 2 is 1.92 bits per heavy atom. The minimum absolute atomic E-state index is 0.0318. The van der Waals surface area contributed by atoms with Crippen LogP contribution < -0.4 is 0 Å². The molecule has 2 amide bonds. The molecule has 0 saturated carbocycles. The summed E-state index contributed by atoms with van der Waals surface area (Å²) in [7, 11) is 0. The Labute approximate surface area is 152 Å². The van der Waals surface area contributed by atoms with E-state index in [0.29, 0.717) is 13.1 Å². The summed E-state index contributed by atoms with van der Waals surface area (Å²) in [6, 6.07) is 13.6. The number of fused-ring (bicyclic) bond motifs is 3. The lowest BCUT2D eigenvalue weighted by atomic mass is 9.75. The predicted octanol–water partition coefficient (Wildman–Crippen LogP) is 3.14. The zero-order chi connectivity index (χ0) is 18.5. The molecule has 4 rings (SSSR count). The molecule has 1 saturated heterocycles. The lowest BCUT2D eigenvalue weighted by Crippen LogP contribution is -2.58. The van der Waals surface area contributed by atoms with Gasteiger partial charge in [0.1, 0.15) is 12.4 Å². The summed E-state index contributed by atoms with van der Waals surface area (Å²) in [6.07, 6.45) is 0. The molecule has 5 heteroatoms. The summed E-state index contributed by atoms with van der Waals surface area (Å²) in [5.74, 6) is -0.820. The van der Waals surface area contributed by atoms with E-state index in [1.54, 1.807) is 6.07 Å². The van der Waals surface area contributed by atoms with Gasteiger partial charge in [0.15, 0.2) is 0 Å². The van der Waals surface area contributed by atoms with Crippen LogP contribution in [0.4, 0.5) is 4.39 Å². The Morgan fingerprint density at radius 3 is 2.69 bits per heavy atom. The monoisotopic (exact) mass is 352 g/mol. The predicted molar refractivity (Wildman–Crippen MR) is 96.2 cm³/mol. The first-order chi connectivity index (χ1) is 12.4. The molecule has 1 fully saturated rings. The van der Waals surface area contributed by atoms with Gasteiger partial charge >= 0.3 is 0 Å².